The van der Waals surface area contributed by atoms with Crippen LogP contribution in [0.15, 0.2) is 63.2 Å². The van der Waals surface area contributed by atoms with Gasteiger partial charge in [-0.05, 0) is 68.7 Å². The molecule has 4 unspecified atom stereocenters. The van der Waals surface area contributed by atoms with E-state index in [0.29, 0.717) is 23.1 Å². The number of thioether (sulfide) groups is 1. The summed E-state index contributed by atoms with van der Waals surface area (Å²) in [5, 5.41) is 8.39. The van der Waals surface area contributed by atoms with E-state index in [1.54, 1.807) is 24.1 Å². The molecule has 2 N–H and O–H groups in total. The average Bonchev–Trinajstić information content (AvgIpc) is 3.31. The second kappa shape index (κ2) is 12.5. The normalized spacial score (nSPS) is 29.8. The van der Waals surface area contributed by atoms with Gasteiger partial charge in [0.25, 0.3) is 5.91 Å². The lowest BCUT2D eigenvalue weighted by Crippen LogP contribution is -2.58. The van der Waals surface area contributed by atoms with Crippen LogP contribution in [0.3, 0.4) is 0 Å². The first-order valence-corrected chi connectivity index (χ1v) is 17.3. The van der Waals surface area contributed by atoms with Gasteiger partial charge in [-0.25, -0.2) is 4.99 Å². The number of aliphatic imine (C=N–C) groups is 1. The lowest BCUT2D eigenvalue weighted by atomic mass is 9.93. The van der Waals surface area contributed by atoms with Crippen LogP contribution in [-0.4, -0.2) is 81.5 Å². The molecule has 0 bridgehead atoms. The summed E-state index contributed by atoms with van der Waals surface area (Å²) in [7, 11) is 0. The maximum Gasteiger partial charge on any atom is 0.263 e. The van der Waals surface area contributed by atoms with Crippen molar-refractivity contribution in [2.45, 2.75) is 88.6 Å². The Balaban J connectivity index is 1.32. The van der Waals surface area contributed by atoms with Crippen molar-refractivity contribution < 1.29 is 9.59 Å². The number of piperazine rings is 1. The molecule has 0 aromatic heterocycles. The summed E-state index contributed by atoms with van der Waals surface area (Å²) in [4.78, 5) is 39.8. The molecule has 236 valence electrons. The molecule has 1 spiro atoms. The molecule has 1 aliphatic carbocycles. The number of carbonyl (C=O) groups excluding carboxylic acids is 2. The van der Waals surface area contributed by atoms with Crippen LogP contribution in [0.2, 0.25) is 5.02 Å². The minimum atomic E-state index is -0.427. The Morgan fingerprint density at radius 1 is 1.20 bits per heavy atom. The predicted molar refractivity (Wildman–Crippen MR) is 179 cm³/mol. The van der Waals surface area contributed by atoms with Crippen molar-refractivity contribution in [3.63, 3.8) is 0 Å². The third-order valence-corrected chi connectivity index (χ3v) is 11.4. The molecule has 1 aromatic carbocycles. The van der Waals surface area contributed by atoms with Gasteiger partial charge in [-0.15, -0.1) is 0 Å². The first kappa shape index (κ1) is 31.7. The fourth-order valence-corrected chi connectivity index (χ4v) is 8.80. The van der Waals surface area contributed by atoms with Crippen LogP contribution in [0.5, 0.6) is 0 Å². The number of nitrogens with one attached hydrogen (secondary N) is 2. The van der Waals surface area contributed by atoms with E-state index >= 15 is 0 Å². The largest absolute Gasteiger partial charge is 0.340 e. The Kier molecular flexibility index (Phi) is 8.98. The number of halogens is 2. The number of benzene rings is 1. The quantitative estimate of drug-likeness (QED) is 0.293. The first-order chi connectivity index (χ1) is 21.0. The molecular formula is C33H42Cl2N6O2S. The minimum absolute atomic E-state index is 0.00803. The molecule has 3 saturated heterocycles. The molecule has 5 aliphatic rings. The van der Waals surface area contributed by atoms with Crippen LogP contribution in [0.1, 0.15) is 65.0 Å². The number of hydrogen-bond donors (Lipinski definition) is 2. The SMILES string of the molecule is C=C(/C=N\C(Cl)=C/C)C1NC2SC(C(=O)N3C(C(=O)N4CCNC5(CC5)C4)CC[C@H]3C)=C(C(C)C)N2C1c1ccc(Cl)cc1. The van der Waals surface area contributed by atoms with Gasteiger partial charge in [0.2, 0.25) is 5.91 Å². The predicted octanol–water partition coefficient (Wildman–Crippen LogP) is 5.62. The summed E-state index contributed by atoms with van der Waals surface area (Å²) in [6, 6.07) is 7.10. The standard InChI is InChI=1S/C33H42Cl2N6O2S/c1-6-25(35)36-17-20(4)26-28(22-8-10-23(34)11-9-22)41-27(19(2)3)29(44-32(41)38-26)31(43)40-21(5)7-12-24(40)30(42)39-16-15-37-33(18-39)13-14-33/h6,8-11,17,19,21,24,26,28,32,37-38H,4,7,12-16,18H2,1-3,5H3/b25-6-,36-17-/t21-,24?,26?,28?,32?/m1/s1. The van der Waals surface area contributed by atoms with Crippen molar-refractivity contribution >= 4 is 53.0 Å². The summed E-state index contributed by atoms with van der Waals surface area (Å²) in [6.07, 6.45) is 7.20. The highest BCUT2D eigenvalue weighted by molar-refractivity contribution is 8.04. The van der Waals surface area contributed by atoms with Crippen LogP contribution in [0.25, 0.3) is 0 Å². The zero-order valence-corrected chi connectivity index (χ0v) is 28.2. The average molecular weight is 658 g/mol. The van der Waals surface area contributed by atoms with Gasteiger partial charge in [0, 0.05) is 48.1 Å². The van der Waals surface area contributed by atoms with Crippen LogP contribution in [0, 0.1) is 5.92 Å². The van der Waals surface area contributed by atoms with Crippen molar-refractivity contribution in [3.05, 3.63) is 68.8 Å². The molecule has 5 atom stereocenters. The number of amides is 2. The minimum Gasteiger partial charge on any atom is -0.340 e. The molecule has 0 radical (unpaired) electrons. The fourth-order valence-electron chi connectivity index (χ4n) is 7.16. The third kappa shape index (κ3) is 5.86. The number of allylic oxidation sites excluding steroid dienone is 2. The van der Waals surface area contributed by atoms with E-state index in [4.69, 9.17) is 23.2 Å². The fraction of sp³-hybridized carbons (Fsp3) is 0.545. The molecule has 2 amide bonds. The van der Waals surface area contributed by atoms with Crippen LogP contribution in [-0.2, 0) is 9.59 Å². The number of rotatable bonds is 7. The molecule has 8 nitrogen and oxygen atoms in total. The molecule has 44 heavy (non-hydrogen) atoms. The summed E-state index contributed by atoms with van der Waals surface area (Å²) in [6.45, 7) is 14.8. The number of nitrogens with zero attached hydrogens (tertiary/aromatic N) is 4. The van der Waals surface area contributed by atoms with Crippen molar-refractivity contribution in [1.82, 2.24) is 25.3 Å². The zero-order chi connectivity index (χ0) is 31.3. The van der Waals surface area contributed by atoms with Crippen molar-refractivity contribution in [3.8, 4) is 0 Å². The van der Waals surface area contributed by atoms with E-state index in [9.17, 15) is 9.59 Å². The lowest BCUT2D eigenvalue weighted by Gasteiger charge is -2.38. The first-order valence-electron chi connectivity index (χ1n) is 15.7. The number of carbonyl (C=O) groups is 2. The van der Waals surface area contributed by atoms with E-state index in [-0.39, 0.29) is 46.9 Å². The van der Waals surface area contributed by atoms with Crippen molar-refractivity contribution in [2.75, 3.05) is 19.6 Å². The molecule has 1 saturated carbocycles. The number of fused-ring (bicyclic) bond motifs is 1. The monoisotopic (exact) mass is 656 g/mol. The van der Waals surface area contributed by atoms with Gasteiger partial charge in [-0.2, -0.15) is 0 Å². The molecule has 4 heterocycles. The van der Waals surface area contributed by atoms with E-state index in [1.165, 1.54) is 0 Å². The highest BCUT2D eigenvalue weighted by Gasteiger charge is 2.53. The molecule has 4 fully saturated rings. The zero-order valence-electron chi connectivity index (χ0n) is 25.9. The van der Waals surface area contributed by atoms with Gasteiger partial charge in [0.1, 0.15) is 16.7 Å². The van der Waals surface area contributed by atoms with Gasteiger partial charge in [-0.1, -0.05) is 73.6 Å². The van der Waals surface area contributed by atoms with Gasteiger partial charge in [0.15, 0.2) is 0 Å². The van der Waals surface area contributed by atoms with Crippen LogP contribution < -0.4 is 10.6 Å². The van der Waals surface area contributed by atoms with E-state index in [1.807, 2.05) is 41.0 Å². The second-order valence-electron chi connectivity index (χ2n) is 13.0. The van der Waals surface area contributed by atoms with Crippen molar-refractivity contribution in [2.24, 2.45) is 10.9 Å². The molecule has 4 aliphatic heterocycles. The number of hydrogen-bond acceptors (Lipinski definition) is 7. The Morgan fingerprint density at radius 2 is 1.93 bits per heavy atom. The highest BCUT2D eigenvalue weighted by Crippen LogP contribution is 2.52. The highest BCUT2D eigenvalue weighted by atomic mass is 35.5. The maximum absolute atomic E-state index is 14.6. The smallest absolute Gasteiger partial charge is 0.263 e. The second-order valence-corrected chi connectivity index (χ2v) is 14.9. The maximum atomic E-state index is 14.6. The molecule has 6 rings (SSSR count). The Hall–Kier alpha value is -2.30. The topological polar surface area (TPSA) is 80.3 Å². The molecular weight excluding hydrogens is 615 g/mol. The summed E-state index contributed by atoms with van der Waals surface area (Å²) >= 11 is 14.0. The Labute approximate surface area is 275 Å². The van der Waals surface area contributed by atoms with Crippen LogP contribution in [0.4, 0.5) is 0 Å². The lowest BCUT2D eigenvalue weighted by molar-refractivity contribution is -0.144. The van der Waals surface area contributed by atoms with Gasteiger partial charge in [-0.3, -0.25) is 14.9 Å². The van der Waals surface area contributed by atoms with Gasteiger partial charge < -0.3 is 20.0 Å². The summed E-state index contributed by atoms with van der Waals surface area (Å²) in [5.74, 6) is 0.121. The van der Waals surface area contributed by atoms with Gasteiger partial charge in [0.05, 0.1) is 17.0 Å². The van der Waals surface area contributed by atoms with E-state index < -0.39 is 6.04 Å². The van der Waals surface area contributed by atoms with E-state index in [0.717, 1.165) is 54.1 Å². The van der Waals surface area contributed by atoms with Crippen molar-refractivity contribution in [1.29, 1.82) is 0 Å². The van der Waals surface area contributed by atoms with Crippen LogP contribution >= 0.6 is 35.0 Å². The Bertz CT molecular complexity index is 1420. The van der Waals surface area contributed by atoms with E-state index in [2.05, 4.69) is 47.9 Å². The summed E-state index contributed by atoms with van der Waals surface area (Å²) < 4.78 is 0. The third-order valence-electron chi connectivity index (χ3n) is 9.60. The molecule has 11 heteroatoms. The molecule has 1 aromatic rings. The summed E-state index contributed by atoms with van der Waals surface area (Å²) in [5.41, 5.74) is 2.75. The Morgan fingerprint density at radius 3 is 2.59 bits per heavy atom. The number of likely N-dealkylation sites (tertiary alicyclic amines) is 1. The van der Waals surface area contributed by atoms with Gasteiger partial charge >= 0.3 is 0 Å².